The lowest BCUT2D eigenvalue weighted by atomic mass is 10.2. The highest BCUT2D eigenvalue weighted by Gasteiger charge is 2.07. The van der Waals surface area contributed by atoms with Crippen LogP contribution >= 0.6 is 0 Å². The molecular formula is C13H22N4O. The van der Waals surface area contributed by atoms with E-state index in [1.807, 2.05) is 0 Å². The molecule has 1 aromatic heterocycles. The van der Waals surface area contributed by atoms with Gasteiger partial charge < -0.3 is 10.6 Å². The van der Waals surface area contributed by atoms with E-state index in [1.54, 1.807) is 6.07 Å². The molecule has 0 bridgehead atoms. The van der Waals surface area contributed by atoms with Gasteiger partial charge >= 0.3 is 0 Å². The third-order valence-electron chi connectivity index (χ3n) is 2.52. The van der Waals surface area contributed by atoms with Gasteiger partial charge in [0.1, 0.15) is 17.8 Å². The monoisotopic (exact) mass is 250 g/mol. The van der Waals surface area contributed by atoms with Crippen molar-refractivity contribution in [2.24, 2.45) is 0 Å². The molecule has 0 aliphatic carbocycles. The summed E-state index contributed by atoms with van der Waals surface area (Å²) in [6.07, 6.45) is 5.72. The Labute approximate surface area is 108 Å². The minimum atomic E-state index is -0.131. The molecule has 100 valence electrons. The van der Waals surface area contributed by atoms with Gasteiger partial charge in [0.05, 0.1) is 0 Å². The zero-order chi connectivity index (χ0) is 13.2. The highest BCUT2D eigenvalue weighted by Crippen LogP contribution is 2.04. The van der Waals surface area contributed by atoms with Crippen LogP contribution in [-0.4, -0.2) is 29.0 Å². The Morgan fingerprint density at radius 3 is 2.72 bits per heavy atom. The van der Waals surface area contributed by atoms with Gasteiger partial charge in [0.2, 0.25) is 0 Å². The van der Waals surface area contributed by atoms with Gasteiger partial charge in [-0.3, -0.25) is 4.79 Å². The Hall–Kier alpha value is -1.65. The summed E-state index contributed by atoms with van der Waals surface area (Å²) in [4.78, 5) is 19.9. The van der Waals surface area contributed by atoms with Crippen molar-refractivity contribution in [2.45, 2.75) is 39.5 Å². The predicted molar refractivity (Wildman–Crippen MR) is 72.7 cm³/mol. The van der Waals surface area contributed by atoms with Gasteiger partial charge in [-0.2, -0.15) is 0 Å². The van der Waals surface area contributed by atoms with E-state index in [-0.39, 0.29) is 5.91 Å². The number of unbranched alkanes of at least 4 members (excludes halogenated alkanes) is 2. The molecule has 1 rings (SSSR count). The van der Waals surface area contributed by atoms with Crippen LogP contribution in [0.1, 0.15) is 50.0 Å². The van der Waals surface area contributed by atoms with Gasteiger partial charge in [0, 0.05) is 19.2 Å². The molecule has 5 heteroatoms. The lowest BCUT2D eigenvalue weighted by Gasteiger charge is -2.06. The summed E-state index contributed by atoms with van der Waals surface area (Å²) in [6, 6.07) is 1.69. The lowest BCUT2D eigenvalue weighted by molar-refractivity contribution is 0.0948. The van der Waals surface area contributed by atoms with Crippen LogP contribution in [0.15, 0.2) is 12.4 Å². The van der Waals surface area contributed by atoms with Crippen LogP contribution in [0.4, 0.5) is 5.82 Å². The number of nitrogens with one attached hydrogen (secondary N) is 2. The van der Waals surface area contributed by atoms with E-state index in [0.29, 0.717) is 18.1 Å². The third-order valence-corrected chi connectivity index (χ3v) is 2.52. The first-order chi connectivity index (χ1) is 8.77. The molecule has 0 aliphatic rings. The number of hydrogen-bond donors (Lipinski definition) is 2. The maximum Gasteiger partial charge on any atom is 0.270 e. The van der Waals surface area contributed by atoms with Crippen molar-refractivity contribution >= 4 is 11.7 Å². The molecule has 1 heterocycles. The molecule has 1 amide bonds. The summed E-state index contributed by atoms with van der Waals surface area (Å²) in [5.74, 6) is 0.568. The molecule has 0 atom stereocenters. The third kappa shape index (κ3) is 5.12. The van der Waals surface area contributed by atoms with Crippen LogP contribution < -0.4 is 10.6 Å². The van der Waals surface area contributed by atoms with E-state index in [9.17, 15) is 4.79 Å². The summed E-state index contributed by atoms with van der Waals surface area (Å²) >= 11 is 0. The molecular weight excluding hydrogens is 228 g/mol. The molecule has 0 aliphatic heterocycles. The number of rotatable bonds is 8. The van der Waals surface area contributed by atoms with Gasteiger partial charge in [-0.1, -0.05) is 26.7 Å². The molecule has 0 aromatic carbocycles. The van der Waals surface area contributed by atoms with Gasteiger partial charge in [0.15, 0.2) is 0 Å². The van der Waals surface area contributed by atoms with E-state index in [2.05, 4.69) is 34.4 Å². The molecule has 0 saturated carbocycles. The number of carbonyl (C=O) groups is 1. The smallest absolute Gasteiger partial charge is 0.270 e. The zero-order valence-corrected chi connectivity index (χ0v) is 11.2. The van der Waals surface area contributed by atoms with Crippen LogP contribution in [0.5, 0.6) is 0 Å². The Morgan fingerprint density at radius 1 is 1.17 bits per heavy atom. The maximum atomic E-state index is 11.8. The van der Waals surface area contributed by atoms with Crippen LogP contribution in [-0.2, 0) is 0 Å². The highest BCUT2D eigenvalue weighted by molar-refractivity contribution is 5.92. The SMILES string of the molecule is CCCCCNC(=O)c1cc(NCCC)ncn1. The largest absolute Gasteiger partial charge is 0.370 e. The molecule has 0 spiro atoms. The second-order valence-electron chi connectivity index (χ2n) is 4.18. The fourth-order valence-electron chi connectivity index (χ4n) is 1.50. The molecule has 0 saturated heterocycles. The van der Waals surface area contributed by atoms with Crippen LogP contribution in [0.2, 0.25) is 0 Å². The summed E-state index contributed by atoms with van der Waals surface area (Å²) in [5, 5.41) is 5.99. The summed E-state index contributed by atoms with van der Waals surface area (Å²) < 4.78 is 0. The summed E-state index contributed by atoms with van der Waals surface area (Å²) in [6.45, 7) is 5.76. The number of anilines is 1. The van der Waals surface area contributed by atoms with E-state index < -0.39 is 0 Å². The van der Waals surface area contributed by atoms with Gasteiger partial charge in [0.25, 0.3) is 5.91 Å². The first kappa shape index (κ1) is 14.4. The predicted octanol–water partition coefficient (Wildman–Crippen LogP) is 2.22. The number of amides is 1. The first-order valence-corrected chi connectivity index (χ1v) is 6.62. The van der Waals surface area contributed by atoms with Crippen molar-refractivity contribution in [2.75, 3.05) is 18.4 Å². The van der Waals surface area contributed by atoms with Crippen molar-refractivity contribution in [1.29, 1.82) is 0 Å². The molecule has 0 radical (unpaired) electrons. The first-order valence-electron chi connectivity index (χ1n) is 6.62. The van der Waals surface area contributed by atoms with Crippen LogP contribution in [0.3, 0.4) is 0 Å². The van der Waals surface area contributed by atoms with Crippen molar-refractivity contribution < 1.29 is 4.79 Å². The average Bonchev–Trinajstić information content (AvgIpc) is 2.41. The Bertz CT molecular complexity index is 368. The van der Waals surface area contributed by atoms with E-state index in [4.69, 9.17) is 0 Å². The van der Waals surface area contributed by atoms with Crippen molar-refractivity contribution in [1.82, 2.24) is 15.3 Å². The standard InChI is InChI=1S/C13H22N4O/c1-3-5-6-8-15-13(18)11-9-12(14-7-4-2)17-10-16-11/h9-10H,3-8H2,1-2H3,(H,15,18)(H,14,16,17). The topological polar surface area (TPSA) is 66.9 Å². The average molecular weight is 250 g/mol. The van der Waals surface area contributed by atoms with E-state index in [1.165, 1.54) is 6.33 Å². The van der Waals surface area contributed by atoms with Gasteiger partial charge in [-0.25, -0.2) is 9.97 Å². The maximum absolute atomic E-state index is 11.8. The van der Waals surface area contributed by atoms with Crippen LogP contribution in [0.25, 0.3) is 0 Å². The molecule has 0 unspecified atom stereocenters. The fourth-order valence-corrected chi connectivity index (χ4v) is 1.50. The summed E-state index contributed by atoms with van der Waals surface area (Å²) in [7, 11) is 0. The van der Waals surface area contributed by atoms with Gasteiger partial charge in [-0.05, 0) is 12.8 Å². The number of carbonyl (C=O) groups excluding carboxylic acids is 1. The normalized spacial score (nSPS) is 10.1. The van der Waals surface area contributed by atoms with Crippen molar-refractivity contribution in [3.63, 3.8) is 0 Å². The summed E-state index contributed by atoms with van der Waals surface area (Å²) in [5.41, 5.74) is 0.417. The number of hydrogen-bond acceptors (Lipinski definition) is 4. The molecule has 1 aromatic rings. The molecule has 0 fully saturated rings. The van der Waals surface area contributed by atoms with Gasteiger partial charge in [-0.15, -0.1) is 0 Å². The number of aromatic nitrogens is 2. The van der Waals surface area contributed by atoms with Crippen molar-refractivity contribution in [3.8, 4) is 0 Å². The Balaban J connectivity index is 2.46. The second-order valence-corrected chi connectivity index (χ2v) is 4.18. The van der Waals surface area contributed by atoms with Crippen molar-refractivity contribution in [3.05, 3.63) is 18.1 Å². The highest BCUT2D eigenvalue weighted by atomic mass is 16.1. The zero-order valence-electron chi connectivity index (χ0n) is 11.2. The van der Waals surface area contributed by atoms with Crippen LogP contribution in [0, 0.1) is 0 Å². The Morgan fingerprint density at radius 2 is 2.00 bits per heavy atom. The number of nitrogens with zero attached hydrogens (tertiary/aromatic N) is 2. The quantitative estimate of drug-likeness (QED) is 0.694. The molecule has 18 heavy (non-hydrogen) atoms. The lowest BCUT2D eigenvalue weighted by Crippen LogP contribution is -2.25. The van der Waals surface area contributed by atoms with E-state index in [0.717, 1.165) is 32.2 Å². The minimum absolute atomic E-state index is 0.131. The molecule has 5 nitrogen and oxygen atoms in total. The fraction of sp³-hybridized carbons (Fsp3) is 0.615. The molecule has 2 N–H and O–H groups in total. The van der Waals surface area contributed by atoms with E-state index >= 15 is 0 Å². The minimum Gasteiger partial charge on any atom is -0.370 e. The second kappa shape index (κ2) is 8.44. The Kier molecular flexibility index (Phi) is 6.76.